The number of hydrogen-bond acceptors (Lipinski definition) is 7. The number of rotatable bonds is 5. The van der Waals surface area contributed by atoms with E-state index in [1.54, 1.807) is 0 Å². The molecule has 0 saturated carbocycles. The van der Waals surface area contributed by atoms with Gasteiger partial charge in [0, 0.05) is 23.1 Å². The van der Waals surface area contributed by atoms with Gasteiger partial charge in [0.05, 0.1) is 5.71 Å². The average Bonchev–Trinajstić information content (AvgIpc) is 3.25. The minimum absolute atomic E-state index is 0.0453. The van der Waals surface area contributed by atoms with Crippen LogP contribution in [0.1, 0.15) is 16.7 Å². The summed E-state index contributed by atoms with van der Waals surface area (Å²) < 4.78 is 46.6. The van der Waals surface area contributed by atoms with Crippen molar-refractivity contribution < 1.29 is 27.1 Å². The summed E-state index contributed by atoms with van der Waals surface area (Å²) in [6.07, 6.45) is -5.60. The van der Waals surface area contributed by atoms with Crippen LogP contribution in [0.5, 0.6) is 5.75 Å². The van der Waals surface area contributed by atoms with Crippen LogP contribution < -0.4 is 10.1 Å². The average molecular weight is 478 g/mol. The molecule has 0 unspecified atom stereocenters. The lowest BCUT2D eigenvalue weighted by atomic mass is 9.96. The lowest BCUT2D eigenvalue weighted by Gasteiger charge is -2.11. The zero-order valence-electron chi connectivity index (χ0n) is 18.0. The van der Waals surface area contributed by atoms with E-state index in [0.29, 0.717) is 11.3 Å². The largest absolute Gasteiger partial charge is 0.573 e. The monoisotopic (exact) mass is 478 g/mol. The van der Waals surface area contributed by atoms with Gasteiger partial charge >= 0.3 is 12.4 Å². The normalized spacial score (nSPS) is 15.7. The number of anilines is 1. The predicted molar refractivity (Wildman–Crippen MR) is 121 cm³/mol. The molecule has 1 aliphatic rings. The number of fused-ring (bicyclic) bond motifs is 1. The van der Waals surface area contributed by atoms with E-state index in [9.17, 15) is 18.0 Å². The van der Waals surface area contributed by atoms with Gasteiger partial charge in [-0.05, 0) is 29.8 Å². The Morgan fingerprint density at radius 2 is 1.60 bits per heavy atom. The van der Waals surface area contributed by atoms with E-state index in [-0.39, 0.29) is 29.9 Å². The smallest absolute Gasteiger partial charge is 0.406 e. The first-order valence-electron chi connectivity index (χ1n) is 10.6. The zero-order valence-corrected chi connectivity index (χ0v) is 18.0. The fourth-order valence-electron chi connectivity index (χ4n) is 3.71. The number of alkyl halides is 3. The van der Waals surface area contributed by atoms with Crippen molar-refractivity contribution in [2.24, 2.45) is 4.99 Å². The molecule has 1 N–H and O–H groups in total. The van der Waals surface area contributed by atoms with Crippen LogP contribution in [0.25, 0.3) is 11.5 Å². The van der Waals surface area contributed by atoms with Crippen molar-refractivity contribution in [1.82, 2.24) is 10.2 Å². The zero-order chi connectivity index (χ0) is 24.4. The van der Waals surface area contributed by atoms with Gasteiger partial charge < -0.3 is 14.5 Å². The first-order chi connectivity index (χ1) is 16.9. The van der Waals surface area contributed by atoms with Crippen molar-refractivity contribution in [2.75, 3.05) is 5.32 Å². The van der Waals surface area contributed by atoms with Crippen LogP contribution in [0.15, 0.2) is 88.3 Å². The van der Waals surface area contributed by atoms with Gasteiger partial charge in [-0.15, -0.1) is 18.3 Å². The number of halogens is 3. The molecule has 10 heteroatoms. The molecule has 0 bridgehead atoms. The second kappa shape index (κ2) is 9.05. The van der Waals surface area contributed by atoms with Gasteiger partial charge in [-0.25, -0.2) is 0 Å². The third-order valence-electron chi connectivity index (χ3n) is 5.27. The van der Waals surface area contributed by atoms with Crippen molar-refractivity contribution >= 4 is 17.5 Å². The summed E-state index contributed by atoms with van der Waals surface area (Å²) in [6.45, 7) is 0. The van der Waals surface area contributed by atoms with E-state index in [1.807, 2.05) is 54.6 Å². The molecule has 7 nitrogen and oxygen atoms in total. The third-order valence-corrected chi connectivity index (χ3v) is 5.27. The Labute approximate surface area is 197 Å². The van der Waals surface area contributed by atoms with Gasteiger partial charge in [-0.1, -0.05) is 59.7 Å². The number of nitrogens with zero attached hydrogens (tertiary/aromatic N) is 3. The van der Waals surface area contributed by atoms with E-state index in [4.69, 9.17) is 9.41 Å². The minimum Gasteiger partial charge on any atom is -0.406 e. The van der Waals surface area contributed by atoms with Crippen LogP contribution in [0.2, 0.25) is 0 Å². The third kappa shape index (κ3) is 5.06. The maximum absolute atomic E-state index is 13.0. The lowest BCUT2D eigenvalue weighted by Crippen LogP contribution is -2.29. The van der Waals surface area contributed by atoms with Crippen LogP contribution in [-0.4, -0.2) is 34.2 Å². The number of ketones is 1. The fourth-order valence-corrected chi connectivity index (χ4v) is 3.71. The van der Waals surface area contributed by atoms with Crippen molar-refractivity contribution in [3.63, 3.8) is 0 Å². The van der Waals surface area contributed by atoms with E-state index in [0.717, 1.165) is 28.8 Å². The standard InChI is InChI=1S/C25H17F3N4O3/c26-25(27,28)35-18-12-10-16(11-13-18)23-31-32-24(34-23)30-22-20(33)14-17-8-4-5-9-19(17)21(29-22)15-6-2-1-3-7-15/h1-13,22H,14H2,(H,30,32)/t22-/m1/s1. The molecule has 0 saturated heterocycles. The maximum atomic E-state index is 13.0. The Bertz CT molecular complexity index is 1380. The number of carbonyl (C=O) groups is 1. The second-order valence-corrected chi connectivity index (χ2v) is 7.68. The molecule has 3 aromatic carbocycles. The number of ether oxygens (including phenoxy) is 1. The summed E-state index contributed by atoms with van der Waals surface area (Å²) >= 11 is 0. The van der Waals surface area contributed by atoms with Crippen molar-refractivity contribution in [3.05, 3.63) is 95.6 Å². The number of aromatic nitrogens is 2. The van der Waals surface area contributed by atoms with E-state index >= 15 is 0 Å². The second-order valence-electron chi connectivity index (χ2n) is 7.68. The minimum atomic E-state index is -4.78. The SMILES string of the molecule is O=C1Cc2ccccc2C(c2ccccc2)=N[C@@H]1Nc1nnc(-c2ccc(OC(F)(F)F)cc2)o1. The molecular formula is C25H17F3N4O3. The van der Waals surface area contributed by atoms with Gasteiger partial charge in [0.25, 0.3) is 0 Å². The number of aliphatic imine (C=N–C) groups is 1. The summed E-state index contributed by atoms with van der Waals surface area (Å²) in [7, 11) is 0. The highest BCUT2D eigenvalue weighted by Gasteiger charge is 2.31. The highest BCUT2D eigenvalue weighted by molar-refractivity contribution is 6.16. The van der Waals surface area contributed by atoms with Gasteiger partial charge in [-0.2, -0.15) is 0 Å². The molecule has 0 amide bonds. The highest BCUT2D eigenvalue weighted by Crippen LogP contribution is 2.27. The van der Waals surface area contributed by atoms with Crippen LogP contribution in [0.4, 0.5) is 19.2 Å². The Balaban J connectivity index is 1.41. The number of nitrogens with one attached hydrogen (secondary N) is 1. The van der Waals surface area contributed by atoms with Crippen molar-refractivity contribution in [2.45, 2.75) is 18.9 Å². The molecule has 0 fully saturated rings. The molecule has 5 rings (SSSR count). The Hall–Kier alpha value is -4.47. The van der Waals surface area contributed by atoms with Crippen LogP contribution in [0.3, 0.4) is 0 Å². The maximum Gasteiger partial charge on any atom is 0.573 e. The molecule has 0 radical (unpaired) electrons. The molecule has 1 atom stereocenters. The predicted octanol–water partition coefficient (Wildman–Crippen LogP) is 5.04. The fraction of sp³-hybridized carbons (Fsp3) is 0.120. The topological polar surface area (TPSA) is 89.6 Å². The Morgan fingerprint density at radius 3 is 2.34 bits per heavy atom. The Kier molecular flexibility index (Phi) is 5.77. The first-order valence-corrected chi connectivity index (χ1v) is 10.6. The van der Waals surface area contributed by atoms with Crippen LogP contribution in [-0.2, 0) is 11.2 Å². The van der Waals surface area contributed by atoms with E-state index in [1.165, 1.54) is 12.1 Å². The summed E-state index contributed by atoms with van der Waals surface area (Å²) in [5.41, 5.74) is 3.62. The lowest BCUT2D eigenvalue weighted by molar-refractivity contribution is -0.274. The molecule has 0 spiro atoms. The van der Waals surface area contributed by atoms with Crippen LogP contribution in [0, 0.1) is 0 Å². The molecule has 35 heavy (non-hydrogen) atoms. The van der Waals surface area contributed by atoms with Crippen molar-refractivity contribution in [1.29, 1.82) is 0 Å². The number of Topliss-reactive ketones (excluding diaryl/α,β-unsaturated/α-hetero) is 1. The quantitative estimate of drug-likeness (QED) is 0.433. The summed E-state index contributed by atoms with van der Waals surface area (Å²) in [5, 5.41) is 10.7. The van der Waals surface area contributed by atoms with Crippen LogP contribution >= 0.6 is 0 Å². The number of carbonyl (C=O) groups excluding carboxylic acids is 1. The van der Waals surface area contributed by atoms with E-state index < -0.39 is 12.5 Å². The molecular weight excluding hydrogens is 461 g/mol. The highest BCUT2D eigenvalue weighted by atomic mass is 19.4. The molecule has 1 aromatic heterocycles. The summed E-state index contributed by atoms with van der Waals surface area (Å²) in [4.78, 5) is 17.7. The molecule has 1 aliphatic heterocycles. The number of benzene rings is 3. The van der Waals surface area contributed by atoms with Gasteiger partial charge in [-0.3, -0.25) is 9.79 Å². The molecule has 4 aromatic rings. The Morgan fingerprint density at radius 1 is 0.886 bits per heavy atom. The van der Waals surface area contributed by atoms with Gasteiger partial charge in [0.2, 0.25) is 5.89 Å². The molecule has 2 heterocycles. The molecule has 0 aliphatic carbocycles. The summed E-state index contributed by atoms with van der Waals surface area (Å²) in [5.74, 6) is -0.495. The number of hydrogen-bond donors (Lipinski definition) is 1. The van der Waals surface area contributed by atoms with Gasteiger partial charge in [0.1, 0.15) is 5.75 Å². The molecule has 176 valence electrons. The van der Waals surface area contributed by atoms with Gasteiger partial charge in [0.15, 0.2) is 11.9 Å². The first kappa shape index (κ1) is 22.3. The van der Waals surface area contributed by atoms with E-state index in [2.05, 4.69) is 20.3 Å². The van der Waals surface area contributed by atoms with Crippen molar-refractivity contribution in [3.8, 4) is 17.2 Å². The summed E-state index contributed by atoms with van der Waals surface area (Å²) in [6, 6.07) is 22.1.